The van der Waals surface area contributed by atoms with Crippen molar-refractivity contribution >= 4 is 16.9 Å². The number of aryl methyl sites for hydroxylation is 1. The van der Waals surface area contributed by atoms with Gasteiger partial charge in [0.1, 0.15) is 25.6 Å². The molecule has 1 atom stereocenters. The lowest BCUT2D eigenvalue weighted by atomic mass is 10.1. The molecule has 1 amide bonds. The van der Waals surface area contributed by atoms with E-state index < -0.39 is 0 Å². The number of ether oxygens (including phenoxy) is 4. The monoisotopic (exact) mass is 423 g/mol. The van der Waals surface area contributed by atoms with Gasteiger partial charge in [-0.1, -0.05) is 6.07 Å². The van der Waals surface area contributed by atoms with Gasteiger partial charge in [0, 0.05) is 18.6 Å². The van der Waals surface area contributed by atoms with Crippen molar-refractivity contribution in [1.82, 2.24) is 14.9 Å². The molecule has 0 radical (unpaired) electrons. The van der Waals surface area contributed by atoms with Crippen LogP contribution in [0.3, 0.4) is 0 Å². The van der Waals surface area contributed by atoms with Crippen molar-refractivity contribution in [2.24, 2.45) is 0 Å². The predicted octanol–water partition coefficient (Wildman–Crippen LogP) is 3.15. The summed E-state index contributed by atoms with van der Waals surface area (Å²) < 4.78 is 24.7. The minimum absolute atomic E-state index is 0.100. The molecule has 0 spiro atoms. The molecule has 2 aliphatic heterocycles. The van der Waals surface area contributed by atoms with Gasteiger partial charge in [-0.3, -0.25) is 4.79 Å². The first-order chi connectivity index (χ1) is 15.1. The summed E-state index contributed by atoms with van der Waals surface area (Å²) in [6, 6.07) is 9.38. The van der Waals surface area contributed by atoms with Gasteiger partial charge in [-0.25, -0.2) is 4.98 Å². The van der Waals surface area contributed by atoms with Crippen LogP contribution in [-0.2, 0) is 11.3 Å². The van der Waals surface area contributed by atoms with Gasteiger partial charge >= 0.3 is 0 Å². The van der Waals surface area contributed by atoms with Crippen LogP contribution in [-0.4, -0.2) is 41.9 Å². The maximum absolute atomic E-state index is 12.9. The Morgan fingerprint density at radius 3 is 2.48 bits per heavy atom. The Morgan fingerprint density at radius 1 is 1.00 bits per heavy atom. The Bertz CT molecular complexity index is 1140. The van der Waals surface area contributed by atoms with E-state index in [1.54, 1.807) is 0 Å². The molecule has 0 saturated carbocycles. The zero-order valence-corrected chi connectivity index (χ0v) is 17.6. The molecule has 3 heterocycles. The van der Waals surface area contributed by atoms with Gasteiger partial charge in [0.05, 0.1) is 30.3 Å². The molecule has 1 aromatic heterocycles. The Balaban J connectivity index is 1.33. The minimum atomic E-state index is -0.177. The molecule has 5 rings (SSSR count). The number of fused-ring (bicyclic) bond motifs is 3. The van der Waals surface area contributed by atoms with E-state index in [0.717, 1.165) is 40.3 Å². The van der Waals surface area contributed by atoms with Crippen LogP contribution in [0, 0.1) is 6.92 Å². The predicted molar refractivity (Wildman–Crippen MR) is 114 cm³/mol. The third-order valence-corrected chi connectivity index (χ3v) is 5.55. The fraction of sp³-hybridized carbons (Fsp3) is 0.391. The van der Waals surface area contributed by atoms with E-state index in [4.69, 9.17) is 18.9 Å². The number of rotatable bonds is 4. The van der Waals surface area contributed by atoms with E-state index in [1.165, 1.54) is 0 Å². The van der Waals surface area contributed by atoms with Gasteiger partial charge in [0.15, 0.2) is 23.0 Å². The summed E-state index contributed by atoms with van der Waals surface area (Å²) in [5, 5.41) is 3.07. The van der Waals surface area contributed by atoms with Crippen LogP contribution in [0.5, 0.6) is 23.0 Å². The SMILES string of the molecule is Cc1nc2cc3c(cc2n1CC(=O)N[C@H](C)c1ccc2c(c1)OCCCO2)OCCO3. The summed E-state index contributed by atoms with van der Waals surface area (Å²) >= 11 is 0. The van der Waals surface area contributed by atoms with Gasteiger partial charge < -0.3 is 28.8 Å². The van der Waals surface area contributed by atoms with Crippen molar-refractivity contribution in [3.05, 3.63) is 41.7 Å². The van der Waals surface area contributed by atoms with Crippen molar-refractivity contribution in [1.29, 1.82) is 0 Å². The summed E-state index contributed by atoms with van der Waals surface area (Å²) in [7, 11) is 0. The number of imidazole rings is 1. The molecule has 162 valence electrons. The van der Waals surface area contributed by atoms with E-state index in [9.17, 15) is 4.79 Å². The Morgan fingerprint density at radius 2 is 1.68 bits per heavy atom. The lowest BCUT2D eigenvalue weighted by Crippen LogP contribution is -2.30. The number of nitrogens with zero attached hydrogens (tertiary/aromatic N) is 2. The second kappa shape index (κ2) is 8.02. The van der Waals surface area contributed by atoms with Crippen LogP contribution >= 0.6 is 0 Å². The highest BCUT2D eigenvalue weighted by Gasteiger charge is 2.19. The summed E-state index contributed by atoms with van der Waals surface area (Å²) in [6.07, 6.45) is 0.856. The van der Waals surface area contributed by atoms with Crippen molar-refractivity contribution in [3.8, 4) is 23.0 Å². The van der Waals surface area contributed by atoms with Gasteiger partial charge in [-0.05, 0) is 31.5 Å². The lowest BCUT2D eigenvalue weighted by Gasteiger charge is -2.19. The zero-order valence-electron chi connectivity index (χ0n) is 17.6. The maximum Gasteiger partial charge on any atom is 0.240 e. The molecule has 8 nitrogen and oxygen atoms in total. The van der Waals surface area contributed by atoms with Gasteiger partial charge in [-0.2, -0.15) is 0 Å². The molecular weight excluding hydrogens is 398 g/mol. The molecule has 31 heavy (non-hydrogen) atoms. The number of aromatic nitrogens is 2. The average molecular weight is 423 g/mol. The number of hydrogen-bond acceptors (Lipinski definition) is 6. The van der Waals surface area contributed by atoms with Crippen LogP contribution < -0.4 is 24.3 Å². The highest BCUT2D eigenvalue weighted by atomic mass is 16.6. The highest BCUT2D eigenvalue weighted by Crippen LogP contribution is 2.35. The van der Waals surface area contributed by atoms with Gasteiger partial charge in [0.2, 0.25) is 5.91 Å². The fourth-order valence-electron chi connectivity index (χ4n) is 3.94. The molecule has 2 aliphatic rings. The molecule has 0 aliphatic carbocycles. The van der Waals surface area contributed by atoms with E-state index in [-0.39, 0.29) is 18.5 Å². The van der Waals surface area contributed by atoms with E-state index in [0.29, 0.717) is 37.9 Å². The maximum atomic E-state index is 12.9. The summed E-state index contributed by atoms with van der Waals surface area (Å²) in [4.78, 5) is 17.4. The Labute approximate surface area is 180 Å². The first-order valence-corrected chi connectivity index (χ1v) is 10.5. The normalized spacial score (nSPS) is 15.9. The van der Waals surface area contributed by atoms with Crippen LogP contribution in [0.25, 0.3) is 11.0 Å². The first kappa shape index (κ1) is 19.5. The van der Waals surface area contributed by atoms with E-state index >= 15 is 0 Å². The topological polar surface area (TPSA) is 83.8 Å². The number of hydrogen-bond donors (Lipinski definition) is 1. The van der Waals surface area contributed by atoms with Crippen molar-refractivity contribution in [2.45, 2.75) is 32.9 Å². The number of benzene rings is 2. The van der Waals surface area contributed by atoms with Crippen LogP contribution in [0.4, 0.5) is 0 Å². The quantitative estimate of drug-likeness (QED) is 0.694. The summed E-state index contributed by atoms with van der Waals surface area (Å²) in [5.41, 5.74) is 2.59. The smallest absolute Gasteiger partial charge is 0.240 e. The fourth-order valence-corrected chi connectivity index (χ4v) is 3.94. The number of nitrogens with one attached hydrogen (secondary N) is 1. The number of carbonyl (C=O) groups is 1. The Hall–Kier alpha value is -3.42. The Kier molecular flexibility index (Phi) is 5.05. The van der Waals surface area contributed by atoms with Gasteiger partial charge in [-0.15, -0.1) is 0 Å². The third-order valence-electron chi connectivity index (χ3n) is 5.55. The highest BCUT2D eigenvalue weighted by molar-refractivity contribution is 5.84. The molecule has 0 fully saturated rings. The molecular formula is C23H25N3O5. The van der Waals surface area contributed by atoms with Crippen molar-refractivity contribution < 1.29 is 23.7 Å². The molecule has 3 aromatic rings. The largest absolute Gasteiger partial charge is 0.490 e. The van der Waals surface area contributed by atoms with E-state index in [1.807, 2.05) is 48.7 Å². The van der Waals surface area contributed by atoms with Crippen LogP contribution in [0.1, 0.15) is 30.8 Å². The third kappa shape index (κ3) is 3.85. The average Bonchev–Trinajstić information content (AvgIpc) is 2.93. The molecule has 0 saturated heterocycles. The van der Waals surface area contributed by atoms with Crippen molar-refractivity contribution in [3.63, 3.8) is 0 Å². The molecule has 0 unspecified atom stereocenters. The minimum Gasteiger partial charge on any atom is -0.490 e. The second-order valence-electron chi connectivity index (χ2n) is 7.78. The van der Waals surface area contributed by atoms with Gasteiger partial charge in [0.25, 0.3) is 0 Å². The lowest BCUT2D eigenvalue weighted by molar-refractivity contribution is -0.122. The van der Waals surface area contributed by atoms with Crippen LogP contribution in [0.2, 0.25) is 0 Å². The second-order valence-corrected chi connectivity index (χ2v) is 7.78. The number of amides is 1. The molecule has 2 aromatic carbocycles. The van der Waals surface area contributed by atoms with Crippen molar-refractivity contribution in [2.75, 3.05) is 26.4 Å². The standard InChI is InChI=1S/C23H25N3O5/c1-14(16-4-5-19-20(10-16)29-7-3-6-28-19)24-23(27)13-26-15(2)25-17-11-21-22(12-18(17)26)31-9-8-30-21/h4-5,10-12,14H,3,6-9,13H2,1-2H3,(H,24,27)/t14-/m1/s1. The molecule has 8 heteroatoms. The first-order valence-electron chi connectivity index (χ1n) is 10.5. The summed E-state index contributed by atoms with van der Waals surface area (Å²) in [6.45, 7) is 6.33. The zero-order chi connectivity index (χ0) is 21.4. The van der Waals surface area contributed by atoms with E-state index in [2.05, 4.69) is 10.3 Å². The van der Waals surface area contributed by atoms with Crippen LogP contribution in [0.15, 0.2) is 30.3 Å². The number of carbonyl (C=O) groups excluding carboxylic acids is 1. The molecule has 1 N–H and O–H groups in total. The molecule has 0 bridgehead atoms. The summed E-state index contributed by atoms with van der Waals surface area (Å²) in [5.74, 6) is 3.50.